The molecule has 0 aliphatic rings. The Morgan fingerprint density at radius 2 is 1.79 bits per heavy atom. The lowest BCUT2D eigenvalue weighted by Gasteiger charge is -2.11. The second-order valence-corrected chi connectivity index (χ2v) is 4.92. The molecule has 0 aliphatic carbocycles. The van der Waals surface area contributed by atoms with E-state index in [1.807, 2.05) is 12.1 Å². The summed E-state index contributed by atoms with van der Waals surface area (Å²) in [5.41, 5.74) is 2.95. The first-order valence-electron chi connectivity index (χ1n) is 6.41. The third kappa shape index (κ3) is 3.19. The van der Waals surface area contributed by atoms with Crippen LogP contribution in [0.2, 0.25) is 0 Å². The summed E-state index contributed by atoms with van der Waals surface area (Å²) >= 11 is 0. The van der Waals surface area contributed by atoms with Gasteiger partial charge in [0.05, 0.1) is 0 Å². The monoisotopic (exact) mass is 257 g/mol. The lowest BCUT2D eigenvalue weighted by molar-refractivity contribution is 0.400. The zero-order chi connectivity index (χ0) is 13.8. The fourth-order valence-corrected chi connectivity index (χ4v) is 1.93. The van der Waals surface area contributed by atoms with Gasteiger partial charge in [-0.2, -0.15) is 0 Å². The van der Waals surface area contributed by atoms with Crippen molar-refractivity contribution in [3.8, 4) is 11.5 Å². The van der Waals surface area contributed by atoms with E-state index in [0.29, 0.717) is 18.0 Å². The SMILES string of the molecule is CC(C)c1cccc(NCc2cccc(O)c2O)c1. The number of rotatable bonds is 4. The van der Waals surface area contributed by atoms with Crippen molar-refractivity contribution in [1.82, 2.24) is 0 Å². The third-order valence-corrected chi connectivity index (χ3v) is 3.13. The summed E-state index contributed by atoms with van der Waals surface area (Å²) in [6.07, 6.45) is 0. The lowest BCUT2D eigenvalue weighted by Crippen LogP contribution is -2.00. The molecule has 2 aromatic rings. The zero-order valence-electron chi connectivity index (χ0n) is 11.2. The fourth-order valence-electron chi connectivity index (χ4n) is 1.93. The van der Waals surface area contributed by atoms with Gasteiger partial charge in [0.15, 0.2) is 11.5 Å². The molecule has 0 heterocycles. The highest BCUT2D eigenvalue weighted by Gasteiger charge is 2.06. The summed E-state index contributed by atoms with van der Waals surface area (Å²) in [6.45, 7) is 4.78. The molecular weight excluding hydrogens is 238 g/mol. The maximum atomic E-state index is 9.73. The molecule has 0 saturated heterocycles. The largest absolute Gasteiger partial charge is 0.504 e. The van der Waals surface area contributed by atoms with E-state index in [0.717, 1.165) is 5.69 Å². The van der Waals surface area contributed by atoms with Crippen molar-refractivity contribution in [2.75, 3.05) is 5.32 Å². The van der Waals surface area contributed by atoms with E-state index >= 15 is 0 Å². The van der Waals surface area contributed by atoms with E-state index in [2.05, 4.69) is 31.3 Å². The molecule has 3 nitrogen and oxygen atoms in total. The second-order valence-electron chi connectivity index (χ2n) is 4.92. The van der Waals surface area contributed by atoms with Crippen molar-refractivity contribution in [3.05, 3.63) is 53.6 Å². The van der Waals surface area contributed by atoms with Crippen LogP contribution in [0.5, 0.6) is 11.5 Å². The van der Waals surface area contributed by atoms with Gasteiger partial charge >= 0.3 is 0 Å². The Bertz CT molecular complexity index is 564. The van der Waals surface area contributed by atoms with E-state index in [-0.39, 0.29) is 11.5 Å². The van der Waals surface area contributed by atoms with Gasteiger partial charge in [-0.25, -0.2) is 0 Å². The predicted molar refractivity (Wildman–Crippen MR) is 77.6 cm³/mol. The Balaban J connectivity index is 2.10. The van der Waals surface area contributed by atoms with Gasteiger partial charge < -0.3 is 15.5 Å². The Hall–Kier alpha value is -2.16. The van der Waals surface area contributed by atoms with Gasteiger partial charge in [0.1, 0.15) is 0 Å². The first-order valence-corrected chi connectivity index (χ1v) is 6.41. The van der Waals surface area contributed by atoms with Crippen LogP contribution in [0.25, 0.3) is 0 Å². The Kier molecular flexibility index (Phi) is 3.95. The molecule has 19 heavy (non-hydrogen) atoms. The smallest absolute Gasteiger partial charge is 0.162 e. The first kappa shape index (κ1) is 13.3. The molecule has 3 heteroatoms. The molecule has 2 rings (SSSR count). The minimum atomic E-state index is -0.0877. The van der Waals surface area contributed by atoms with Crippen LogP contribution in [0.3, 0.4) is 0 Å². The number of nitrogens with one attached hydrogen (secondary N) is 1. The number of anilines is 1. The number of hydrogen-bond donors (Lipinski definition) is 3. The van der Waals surface area contributed by atoms with E-state index in [1.54, 1.807) is 12.1 Å². The lowest BCUT2D eigenvalue weighted by atomic mass is 10.0. The summed E-state index contributed by atoms with van der Waals surface area (Å²) in [7, 11) is 0. The number of benzene rings is 2. The van der Waals surface area contributed by atoms with E-state index < -0.39 is 0 Å². The van der Waals surface area contributed by atoms with Crippen molar-refractivity contribution < 1.29 is 10.2 Å². The standard InChI is InChI=1S/C16H19NO2/c1-11(2)12-5-3-7-14(9-12)17-10-13-6-4-8-15(18)16(13)19/h3-9,11,17-19H,10H2,1-2H3. The van der Waals surface area contributed by atoms with E-state index in [1.165, 1.54) is 11.6 Å². The van der Waals surface area contributed by atoms with Gasteiger partial charge in [-0.1, -0.05) is 38.1 Å². The predicted octanol–water partition coefficient (Wildman–Crippen LogP) is 3.83. The Morgan fingerprint density at radius 3 is 2.53 bits per heavy atom. The molecule has 2 aromatic carbocycles. The summed E-state index contributed by atoms with van der Waals surface area (Å²) < 4.78 is 0. The number of phenols is 2. The zero-order valence-corrected chi connectivity index (χ0v) is 11.2. The van der Waals surface area contributed by atoms with Crippen molar-refractivity contribution >= 4 is 5.69 Å². The van der Waals surface area contributed by atoms with Crippen LogP contribution in [0, 0.1) is 0 Å². The second kappa shape index (κ2) is 5.65. The highest BCUT2D eigenvalue weighted by Crippen LogP contribution is 2.29. The molecule has 0 bridgehead atoms. The van der Waals surface area contributed by atoms with Crippen molar-refractivity contribution in [1.29, 1.82) is 0 Å². The van der Waals surface area contributed by atoms with Crippen molar-refractivity contribution in [2.45, 2.75) is 26.3 Å². The van der Waals surface area contributed by atoms with Crippen LogP contribution in [-0.2, 0) is 6.54 Å². The van der Waals surface area contributed by atoms with Crippen LogP contribution in [0.4, 0.5) is 5.69 Å². The molecular formula is C16H19NO2. The highest BCUT2D eigenvalue weighted by molar-refractivity contribution is 5.50. The summed E-state index contributed by atoms with van der Waals surface area (Å²) in [6, 6.07) is 13.2. The van der Waals surface area contributed by atoms with Gasteiger partial charge in [0.2, 0.25) is 0 Å². The van der Waals surface area contributed by atoms with Crippen LogP contribution >= 0.6 is 0 Å². The number of para-hydroxylation sites is 1. The van der Waals surface area contributed by atoms with E-state index in [9.17, 15) is 10.2 Å². The topological polar surface area (TPSA) is 52.5 Å². The third-order valence-electron chi connectivity index (χ3n) is 3.13. The molecule has 0 spiro atoms. The van der Waals surface area contributed by atoms with Crippen molar-refractivity contribution in [2.24, 2.45) is 0 Å². The molecule has 100 valence electrons. The average molecular weight is 257 g/mol. The highest BCUT2D eigenvalue weighted by atomic mass is 16.3. The minimum Gasteiger partial charge on any atom is -0.504 e. The Morgan fingerprint density at radius 1 is 1.05 bits per heavy atom. The van der Waals surface area contributed by atoms with Crippen LogP contribution in [-0.4, -0.2) is 10.2 Å². The normalized spacial score (nSPS) is 10.7. The van der Waals surface area contributed by atoms with Crippen LogP contribution in [0.1, 0.15) is 30.9 Å². The van der Waals surface area contributed by atoms with Gasteiger partial charge in [0, 0.05) is 17.8 Å². The van der Waals surface area contributed by atoms with E-state index in [4.69, 9.17) is 0 Å². The maximum Gasteiger partial charge on any atom is 0.162 e. The maximum absolute atomic E-state index is 9.73. The van der Waals surface area contributed by atoms with Crippen molar-refractivity contribution in [3.63, 3.8) is 0 Å². The molecule has 0 aliphatic heterocycles. The van der Waals surface area contributed by atoms with Gasteiger partial charge in [-0.05, 0) is 29.7 Å². The number of aromatic hydroxyl groups is 2. The summed E-state index contributed by atoms with van der Waals surface area (Å²) in [5, 5.41) is 22.4. The number of hydrogen-bond acceptors (Lipinski definition) is 3. The van der Waals surface area contributed by atoms with Gasteiger partial charge in [-0.15, -0.1) is 0 Å². The van der Waals surface area contributed by atoms with Gasteiger partial charge in [0.25, 0.3) is 0 Å². The first-order chi connectivity index (χ1) is 9.08. The average Bonchev–Trinajstić information content (AvgIpc) is 2.41. The van der Waals surface area contributed by atoms with Crippen LogP contribution in [0.15, 0.2) is 42.5 Å². The fraction of sp³-hybridized carbons (Fsp3) is 0.250. The molecule has 0 unspecified atom stereocenters. The van der Waals surface area contributed by atoms with Crippen LogP contribution < -0.4 is 5.32 Å². The molecule has 3 N–H and O–H groups in total. The molecule has 0 aromatic heterocycles. The molecule has 0 fully saturated rings. The quantitative estimate of drug-likeness (QED) is 0.729. The Labute approximate surface area is 113 Å². The molecule has 0 radical (unpaired) electrons. The minimum absolute atomic E-state index is 0.0602. The van der Waals surface area contributed by atoms with Gasteiger partial charge in [-0.3, -0.25) is 0 Å². The summed E-state index contributed by atoms with van der Waals surface area (Å²) in [4.78, 5) is 0. The summed E-state index contributed by atoms with van der Waals surface area (Å²) in [5.74, 6) is 0.334. The number of phenolic OH excluding ortho intramolecular Hbond substituents is 2. The molecule has 0 saturated carbocycles. The molecule has 0 amide bonds. The molecule has 0 atom stereocenters.